The fourth-order valence-corrected chi connectivity index (χ4v) is 4.85. The van der Waals surface area contributed by atoms with Gasteiger partial charge in [0.15, 0.2) is 5.16 Å². The molecule has 1 fully saturated rings. The van der Waals surface area contributed by atoms with Crippen LogP contribution in [0, 0.1) is 16.0 Å². The number of amides is 1. The molecule has 1 amide bonds. The highest BCUT2D eigenvalue weighted by Crippen LogP contribution is 2.26. The van der Waals surface area contributed by atoms with Crippen molar-refractivity contribution >= 4 is 40.1 Å². The molecule has 8 nitrogen and oxygen atoms in total. The number of carbonyl (C=O) groups excluding carboxylic acids is 1. The van der Waals surface area contributed by atoms with Gasteiger partial charge >= 0.3 is 0 Å². The molecule has 0 saturated carbocycles. The van der Waals surface area contributed by atoms with E-state index in [1.54, 1.807) is 12.1 Å². The largest absolute Gasteiger partial charge is 0.368 e. The number of piperazine rings is 1. The molecule has 0 atom stereocenters. The number of non-ortho nitro benzene ring substituents is 1. The first kappa shape index (κ1) is 22.1. The lowest BCUT2D eigenvalue weighted by atomic mass is 10.2. The van der Waals surface area contributed by atoms with Crippen LogP contribution in [-0.2, 0) is 11.3 Å². The van der Waals surface area contributed by atoms with Gasteiger partial charge in [-0.05, 0) is 30.2 Å². The number of para-hydroxylation sites is 2. The Bertz CT molecular complexity index is 1100. The SMILES string of the molecule is CC(C)Cn1c(SCC(=O)N2CCN(c3ccc([N+](=O)[O-])cc3)CC2)nc2ccccc21. The average Bonchev–Trinajstić information content (AvgIpc) is 3.14. The van der Waals surface area contributed by atoms with Crippen molar-refractivity contribution in [3.63, 3.8) is 0 Å². The molecule has 0 spiro atoms. The van der Waals surface area contributed by atoms with Crippen LogP contribution in [0.15, 0.2) is 53.7 Å². The molecule has 0 bridgehead atoms. The highest BCUT2D eigenvalue weighted by molar-refractivity contribution is 7.99. The van der Waals surface area contributed by atoms with E-state index in [-0.39, 0.29) is 11.6 Å². The molecule has 0 N–H and O–H groups in total. The standard InChI is InChI=1S/C23H27N5O3S/c1-17(2)15-27-21-6-4-3-5-20(21)24-23(27)32-16-22(29)26-13-11-25(12-14-26)18-7-9-19(10-8-18)28(30)31/h3-10,17H,11-16H2,1-2H3. The second kappa shape index (κ2) is 9.60. The van der Waals surface area contributed by atoms with Gasteiger partial charge in [-0.1, -0.05) is 37.7 Å². The first-order valence-corrected chi connectivity index (χ1v) is 11.8. The number of nitrogens with zero attached hydrogens (tertiary/aromatic N) is 5. The monoisotopic (exact) mass is 453 g/mol. The number of nitro groups is 1. The lowest BCUT2D eigenvalue weighted by molar-refractivity contribution is -0.384. The molecule has 9 heteroatoms. The molecule has 1 aromatic heterocycles. The molecule has 32 heavy (non-hydrogen) atoms. The highest BCUT2D eigenvalue weighted by Gasteiger charge is 2.23. The third-order valence-electron chi connectivity index (χ3n) is 5.55. The van der Waals surface area contributed by atoms with Gasteiger partial charge in [0, 0.05) is 50.5 Å². The second-order valence-corrected chi connectivity index (χ2v) is 9.26. The van der Waals surface area contributed by atoms with E-state index < -0.39 is 4.92 Å². The first-order valence-electron chi connectivity index (χ1n) is 10.8. The lowest BCUT2D eigenvalue weighted by Gasteiger charge is -2.36. The molecule has 168 valence electrons. The Balaban J connectivity index is 1.35. The predicted octanol–water partition coefficient (Wildman–Crippen LogP) is 4.04. The van der Waals surface area contributed by atoms with Crippen molar-refractivity contribution in [2.75, 3.05) is 36.8 Å². The van der Waals surface area contributed by atoms with Crippen molar-refractivity contribution in [1.82, 2.24) is 14.5 Å². The maximum Gasteiger partial charge on any atom is 0.269 e. The predicted molar refractivity (Wildman–Crippen MR) is 127 cm³/mol. The van der Waals surface area contributed by atoms with Gasteiger partial charge in [0.2, 0.25) is 5.91 Å². The van der Waals surface area contributed by atoms with Crippen LogP contribution in [0.2, 0.25) is 0 Å². The van der Waals surface area contributed by atoms with Crippen LogP contribution in [0.1, 0.15) is 13.8 Å². The third kappa shape index (κ3) is 4.88. The summed E-state index contributed by atoms with van der Waals surface area (Å²) in [5, 5.41) is 11.7. The van der Waals surface area contributed by atoms with Crippen molar-refractivity contribution in [1.29, 1.82) is 0 Å². The zero-order valence-corrected chi connectivity index (χ0v) is 19.1. The molecule has 2 aromatic carbocycles. The van der Waals surface area contributed by atoms with Gasteiger partial charge in [0.1, 0.15) is 0 Å². The van der Waals surface area contributed by atoms with Crippen molar-refractivity contribution in [3.05, 3.63) is 58.6 Å². The van der Waals surface area contributed by atoms with Crippen LogP contribution in [0.4, 0.5) is 11.4 Å². The van der Waals surface area contributed by atoms with Crippen LogP contribution in [0.3, 0.4) is 0 Å². The molecular weight excluding hydrogens is 426 g/mol. The maximum atomic E-state index is 12.9. The van der Waals surface area contributed by atoms with Gasteiger partial charge in [-0.15, -0.1) is 0 Å². The van der Waals surface area contributed by atoms with E-state index in [1.165, 1.54) is 23.9 Å². The number of benzene rings is 2. The molecule has 0 aliphatic carbocycles. The summed E-state index contributed by atoms with van der Waals surface area (Å²) >= 11 is 1.50. The fraction of sp³-hybridized carbons (Fsp3) is 0.391. The number of imidazole rings is 1. The normalized spacial score (nSPS) is 14.3. The molecule has 1 saturated heterocycles. The number of fused-ring (bicyclic) bond motifs is 1. The van der Waals surface area contributed by atoms with Crippen LogP contribution in [0.5, 0.6) is 0 Å². The van der Waals surface area contributed by atoms with Crippen LogP contribution in [-0.4, -0.2) is 57.2 Å². The number of nitro benzene ring substituents is 1. The topological polar surface area (TPSA) is 84.5 Å². The van der Waals surface area contributed by atoms with E-state index in [0.717, 1.165) is 28.4 Å². The Morgan fingerprint density at radius 2 is 1.78 bits per heavy atom. The number of rotatable bonds is 7. The van der Waals surface area contributed by atoms with Gasteiger partial charge < -0.3 is 14.4 Å². The smallest absolute Gasteiger partial charge is 0.269 e. The number of anilines is 1. The Kier molecular flexibility index (Phi) is 6.64. The molecular formula is C23H27N5O3S. The highest BCUT2D eigenvalue weighted by atomic mass is 32.2. The Labute approximate surface area is 191 Å². The minimum absolute atomic E-state index is 0.0862. The number of carbonyl (C=O) groups is 1. The van der Waals surface area contributed by atoms with Crippen LogP contribution < -0.4 is 4.90 Å². The third-order valence-corrected chi connectivity index (χ3v) is 6.51. The van der Waals surface area contributed by atoms with Crippen molar-refractivity contribution < 1.29 is 9.72 Å². The number of hydrogen-bond donors (Lipinski definition) is 0. The van der Waals surface area contributed by atoms with E-state index in [2.05, 4.69) is 29.4 Å². The summed E-state index contributed by atoms with van der Waals surface area (Å²) in [6.07, 6.45) is 0. The minimum atomic E-state index is -0.395. The summed E-state index contributed by atoms with van der Waals surface area (Å²) in [5.74, 6) is 0.954. The summed E-state index contributed by atoms with van der Waals surface area (Å²) in [7, 11) is 0. The maximum absolute atomic E-state index is 12.9. The molecule has 3 aromatic rings. The molecule has 1 aliphatic heterocycles. The van der Waals surface area contributed by atoms with Gasteiger partial charge in [0.05, 0.1) is 21.7 Å². The summed E-state index contributed by atoms with van der Waals surface area (Å²) in [6.45, 7) is 7.92. The van der Waals surface area contributed by atoms with Gasteiger partial charge in [-0.2, -0.15) is 0 Å². The average molecular weight is 454 g/mol. The summed E-state index contributed by atoms with van der Waals surface area (Å²) < 4.78 is 2.21. The number of aromatic nitrogens is 2. The van der Waals surface area contributed by atoms with Gasteiger partial charge in [-0.3, -0.25) is 14.9 Å². The van der Waals surface area contributed by atoms with Crippen molar-refractivity contribution in [3.8, 4) is 0 Å². The van der Waals surface area contributed by atoms with Crippen LogP contribution in [0.25, 0.3) is 11.0 Å². The zero-order chi connectivity index (χ0) is 22.7. The number of thioether (sulfide) groups is 1. The van der Waals surface area contributed by atoms with E-state index in [0.29, 0.717) is 37.8 Å². The van der Waals surface area contributed by atoms with E-state index >= 15 is 0 Å². The molecule has 2 heterocycles. The molecule has 0 radical (unpaired) electrons. The van der Waals surface area contributed by atoms with Crippen molar-refractivity contribution in [2.24, 2.45) is 5.92 Å². The Hall–Kier alpha value is -3.07. The van der Waals surface area contributed by atoms with Gasteiger partial charge in [-0.25, -0.2) is 4.98 Å². The van der Waals surface area contributed by atoms with Gasteiger partial charge in [0.25, 0.3) is 5.69 Å². The second-order valence-electron chi connectivity index (χ2n) is 8.32. The lowest BCUT2D eigenvalue weighted by Crippen LogP contribution is -2.49. The van der Waals surface area contributed by atoms with Crippen molar-refractivity contribution in [2.45, 2.75) is 25.5 Å². The minimum Gasteiger partial charge on any atom is -0.368 e. The summed E-state index contributed by atoms with van der Waals surface area (Å²) in [4.78, 5) is 32.1. The quantitative estimate of drug-likeness (QED) is 0.305. The molecule has 4 rings (SSSR count). The Morgan fingerprint density at radius 1 is 1.09 bits per heavy atom. The number of hydrogen-bond acceptors (Lipinski definition) is 6. The molecule has 0 unspecified atom stereocenters. The summed E-state index contributed by atoms with van der Waals surface area (Å²) in [5.41, 5.74) is 3.09. The van der Waals surface area contributed by atoms with E-state index in [4.69, 9.17) is 4.98 Å². The van der Waals surface area contributed by atoms with E-state index in [9.17, 15) is 14.9 Å². The fourth-order valence-electron chi connectivity index (χ4n) is 3.92. The van der Waals surface area contributed by atoms with Crippen LogP contribution >= 0.6 is 11.8 Å². The Morgan fingerprint density at radius 3 is 2.44 bits per heavy atom. The zero-order valence-electron chi connectivity index (χ0n) is 18.3. The molecule has 1 aliphatic rings. The first-order chi connectivity index (χ1) is 15.4. The van der Waals surface area contributed by atoms with E-state index in [1.807, 2.05) is 23.1 Å². The summed E-state index contributed by atoms with van der Waals surface area (Å²) in [6, 6.07) is 14.7.